The molecule has 180 valence electrons. The molecule has 0 spiro atoms. The number of aromatic nitrogens is 3. The van der Waals surface area contributed by atoms with Crippen LogP contribution in [0.1, 0.15) is 74.8 Å². The topological polar surface area (TPSA) is 86.8 Å². The van der Waals surface area contributed by atoms with E-state index in [9.17, 15) is 14.4 Å². The van der Waals surface area contributed by atoms with E-state index in [2.05, 4.69) is 46.7 Å². The van der Waals surface area contributed by atoms with Crippen LogP contribution in [-0.4, -0.2) is 39.4 Å². The average Bonchev–Trinajstić information content (AvgIpc) is 3.21. The third-order valence-electron chi connectivity index (χ3n) is 6.31. The van der Waals surface area contributed by atoms with E-state index in [1.807, 2.05) is 6.20 Å². The molecule has 1 aromatic carbocycles. The second kappa shape index (κ2) is 11.1. The molecule has 1 N–H and O–H groups in total. The van der Waals surface area contributed by atoms with Crippen LogP contribution in [0.5, 0.6) is 0 Å². The Kier molecular flexibility index (Phi) is 8.21. The average molecular weight is 465 g/mol. The molecule has 2 aromatic heterocycles. The molecule has 34 heavy (non-hydrogen) atoms. The number of nitrogens with zero attached hydrogens (tertiary/aromatic N) is 5. The first-order chi connectivity index (χ1) is 16.3. The highest BCUT2D eigenvalue weighted by atomic mass is 19.1. The first-order valence-electron chi connectivity index (χ1n) is 11.8. The zero-order valence-corrected chi connectivity index (χ0v) is 20.6. The number of benzene rings is 1. The number of fused-ring (bicyclic) bond motifs is 1. The van der Waals surface area contributed by atoms with Crippen LogP contribution in [0, 0.1) is 23.1 Å². The highest BCUT2D eigenvalue weighted by Crippen LogP contribution is 2.33. The predicted molar refractivity (Wildman–Crippen MR) is 133 cm³/mol. The third-order valence-corrected chi connectivity index (χ3v) is 6.31. The van der Waals surface area contributed by atoms with Crippen molar-refractivity contribution in [3.05, 3.63) is 47.7 Å². The fraction of sp³-hybridized carbons (Fsp3) is 0.462. The number of hydrogen-bond acceptors (Lipinski definition) is 5. The van der Waals surface area contributed by atoms with Crippen LogP contribution in [0.4, 0.5) is 15.9 Å². The first-order valence-corrected chi connectivity index (χ1v) is 11.8. The first kappa shape index (κ1) is 25.2. The molecule has 3 aromatic rings. The summed E-state index contributed by atoms with van der Waals surface area (Å²) in [7, 11) is 3.24. The lowest BCUT2D eigenvalue weighted by Gasteiger charge is -2.21. The van der Waals surface area contributed by atoms with Gasteiger partial charge in [-0.15, -0.1) is 0 Å². The monoisotopic (exact) mass is 464 g/mol. The predicted octanol–water partition coefficient (Wildman–Crippen LogP) is 6.05. The van der Waals surface area contributed by atoms with Crippen molar-refractivity contribution in [3.63, 3.8) is 0 Å². The fourth-order valence-corrected chi connectivity index (χ4v) is 4.11. The number of amides is 1. The quantitative estimate of drug-likeness (QED) is 0.394. The van der Waals surface area contributed by atoms with Gasteiger partial charge in [-0.3, -0.25) is 4.79 Å². The van der Waals surface area contributed by atoms with Gasteiger partial charge in [0.1, 0.15) is 29.7 Å². The molecule has 0 aliphatic heterocycles. The molecule has 0 radical (unpaired) electrons. The van der Waals surface area contributed by atoms with Crippen molar-refractivity contribution in [2.45, 2.75) is 58.9 Å². The standard InChI is InChI=1S/C26H33FN6O/c1-6-8-20(11-9-17(3)7-2)33-15-19(14-28)23-24(29-16-30-25(23)33)31-22-12-10-18(13-21(22)27)26(34)32(4)5/h10,12-13,15-17,20H,6-9,11H2,1-5H3,(H,29,30,31). The van der Waals surface area contributed by atoms with Gasteiger partial charge in [-0.05, 0) is 43.4 Å². The summed E-state index contributed by atoms with van der Waals surface area (Å²) < 4.78 is 16.9. The summed E-state index contributed by atoms with van der Waals surface area (Å²) in [5, 5.41) is 13.4. The number of halogens is 1. The maximum absolute atomic E-state index is 14.8. The third kappa shape index (κ3) is 5.36. The van der Waals surface area contributed by atoms with Gasteiger partial charge < -0.3 is 14.8 Å². The van der Waals surface area contributed by atoms with Gasteiger partial charge in [0.05, 0.1) is 16.6 Å². The van der Waals surface area contributed by atoms with E-state index >= 15 is 0 Å². The molecule has 7 nitrogen and oxygen atoms in total. The zero-order valence-electron chi connectivity index (χ0n) is 20.6. The molecule has 0 saturated heterocycles. The number of nitrogens with one attached hydrogen (secondary N) is 1. The molecule has 0 bridgehead atoms. The normalized spacial score (nSPS) is 12.9. The second-order valence-electron chi connectivity index (χ2n) is 9.04. The van der Waals surface area contributed by atoms with E-state index in [1.165, 1.54) is 23.4 Å². The molecule has 0 fully saturated rings. The Labute approximate surface area is 200 Å². The van der Waals surface area contributed by atoms with E-state index in [0.717, 1.165) is 32.1 Å². The van der Waals surface area contributed by atoms with Crippen molar-refractivity contribution in [1.29, 1.82) is 5.26 Å². The van der Waals surface area contributed by atoms with Gasteiger partial charge in [0.25, 0.3) is 5.91 Å². The lowest BCUT2D eigenvalue weighted by Crippen LogP contribution is -2.21. The summed E-state index contributed by atoms with van der Waals surface area (Å²) in [6.45, 7) is 6.61. The Morgan fingerprint density at radius 3 is 2.62 bits per heavy atom. The Morgan fingerprint density at radius 2 is 2.00 bits per heavy atom. The SMILES string of the molecule is CCCC(CCC(C)CC)n1cc(C#N)c2c(Nc3ccc(C(=O)N(C)C)cc3F)ncnc21. The molecule has 0 aliphatic rings. The summed E-state index contributed by atoms with van der Waals surface area (Å²) in [4.78, 5) is 22.3. The molecular weight excluding hydrogens is 431 g/mol. The van der Waals surface area contributed by atoms with Gasteiger partial charge >= 0.3 is 0 Å². The Hall–Kier alpha value is -3.47. The van der Waals surface area contributed by atoms with Crippen molar-refractivity contribution < 1.29 is 9.18 Å². The molecule has 2 heterocycles. The Balaban J connectivity index is 2.00. The van der Waals surface area contributed by atoms with E-state index in [1.54, 1.807) is 20.2 Å². The fourth-order valence-electron chi connectivity index (χ4n) is 4.11. The van der Waals surface area contributed by atoms with Gasteiger partial charge in [-0.25, -0.2) is 14.4 Å². The van der Waals surface area contributed by atoms with Crippen LogP contribution in [0.25, 0.3) is 11.0 Å². The number of carbonyl (C=O) groups excluding carboxylic acids is 1. The lowest BCUT2D eigenvalue weighted by molar-refractivity contribution is 0.0827. The molecule has 1 amide bonds. The number of anilines is 2. The van der Waals surface area contributed by atoms with Gasteiger partial charge in [-0.2, -0.15) is 5.26 Å². The molecule has 2 atom stereocenters. The van der Waals surface area contributed by atoms with Crippen LogP contribution < -0.4 is 5.32 Å². The van der Waals surface area contributed by atoms with Crippen LogP contribution in [0.3, 0.4) is 0 Å². The summed E-state index contributed by atoms with van der Waals surface area (Å²) in [5.41, 5.74) is 1.54. The highest BCUT2D eigenvalue weighted by Gasteiger charge is 2.21. The van der Waals surface area contributed by atoms with Crippen molar-refractivity contribution in [3.8, 4) is 6.07 Å². The second-order valence-corrected chi connectivity index (χ2v) is 9.04. The van der Waals surface area contributed by atoms with Crippen molar-refractivity contribution >= 4 is 28.4 Å². The maximum Gasteiger partial charge on any atom is 0.253 e. The molecule has 3 rings (SSSR count). The molecular formula is C26H33FN6O. The van der Waals surface area contributed by atoms with E-state index in [4.69, 9.17) is 0 Å². The van der Waals surface area contributed by atoms with Crippen LogP contribution in [0.2, 0.25) is 0 Å². The number of hydrogen-bond donors (Lipinski definition) is 1. The van der Waals surface area contributed by atoms with Crippen molar-refractivity contribution in [2.75, 3.05) is 19.4 Å². The summed E-state index contributed by atoms with van der Waals surface area (Å²) in [5.74, 6) is 0.143. The molecule has 8 heteroatoms. The number of rotatable bonds is 10. The van der Waals surface area contributed by atoms with Crippen molar-refractivity contribution in [2.24, 2.45) is 5.92 Å². The maximum atomic E-state index is 14.8. The van der Waals surface area contributed by atoms with Gasteiger partial charge in [0, 0.05) is 31.9 Å². The van der Waals surface area contributed by atoms with Crippen LogP contribution >= 0.6 is 0 Å². The van der Waals surface area contributed by atoms with E-state index in [0.29, 0.717) is 28.3 Å². The van der Waals surface area contributed by atoms with Crippen LogP contribution in [0.15, 0.2) is 30.7 Å². The van der Waals surface area contributed by atoms with Crippen molar-refractivity contribution in [1.82, 2.24) is 19.4 Å². The summed E-state index contributed by atoms with van der Waals surface area (Å²) in [6, 6.07) is 6.75. The summed E-state index contributed by atoms with van der Waals surface area (Å²) >= 11 is 0. The minimum absolute atomic E-state index is 0.175. The Bertz CT molecular complexity index is 1200. The van der Waals surface area contributed by atoms with Gasteiger partial charge in [0.15, 0.2) is 0 Å². The number of carbonyl (C=O) groups is 1. The molecule has 2 unspecified atom stereocenters. The molecule has 0 aliphatic carbocycles. The lowest BCUT2D eigenvalue weighted by atomic mass is 9.97. The number of nitriles is 1. The van der Waals surface area contributed by atoms with Gasteiger partial charge in [-0.1, -0.05) is 33.6 Å². The van der Waals surface area contributed by atoms with Crippen LogP contribution in [-0.2, 0) is 0 Å². The molecule has 0 saturated carbocycles. The van der Waals surface area contributed by atoms with E-state index in [-0.39, 0.29) is 23.2 Å². The van der Waals surface area contributed by atoms with Gasteiger partial charge in [0.2, 0.25) is 0 Å². The summed E-state index contributed by atoms with van der Waals surface area (Å²) in [6.07, 6.45) is 8.51. The Morgan fingerprint density at radius 1 is 1.24 bits per heavy atom. The minimum Gasteiger partial charge on any atom is -0.345 e. The van der Waals surface area contributed by atoms with E-state index < -0.39 is 5.82 Å². The zero-order chi connectivity index (χ0) is 24.8. The highest BCUT2D eigenvalue weighted by molar-refractivity contribution is 5.96. The largest absolute Gasteiger partial charge is 0.345 e. The smallest absolute Gasteiger partial charge is 0.253 e. The minimum atomic E-state index is -0.574.